The third-order valence-corrected chi connectivity index (χ3v) is 2.20. The van der Waals surface area contributed by atoms with Gasteiger partial charge in [-0.25, -0.2) is 5.10 Å². The van der Waals surface area contributed by atoms with Gasteiger partial charge in [0.15, 0.2) is 0 Å². The summed E-state index contributed by atoms with van der Waals surface area (Å²) in [5, 5.41) is 15.2. The van der Waals surface area contributed by atoms with Gasteiger partial charge >= 0.3 is 0 Å². The molecule has 0 fully saturated rings. The lowest BCUT2D eigenvalue weighted by molar-refractivity contribution is 0.475. The first kappa shape index (κ1) is 9.45. The van der Waals surface area contributed by atoms with Crippen LogP contribution < -0.4 is 5.56 Å². The van der Waals surface area contributed by atoms with Crippen molar-refractivity contribution in [3.8, 4) is 16.9 Å². The van der Waals surface area contributed by atoms with E-state index in [9.17, 15) is 4.79 Å². The van der Waals surface area contributed by atoms with Gasteiger partial charge in [-0.3, -0.25) is 4.79 Å². The van der Waals surface area contributed by atoms with Gasteiger partial charge in [0.25, 0.3) is 5.56 Å². The summed E-state index contributed by atoms with van der Waals surface area (Å²) in [5.41, 5.74) is 1.95. The van der Waals surface area contributed by atoms with Crippen LogP contribution in [0.5, 0.6) is 5.75 Å². The number of aromatic hydroxyl groups is 1. The lowest BCUT2D eigenvalue weighted by Gasteiger charge is -2.03. The van der Waals surface area contributed by atoms with Crippen molar-refractivity contribution in [2.75, 3.05) is 0 Å². The van der Waals surface area contributed by atoms with Crippen molar-refractivity contribution in [2.24, 2.45) is 0 Å². The summed E-state index contributed by atoms with van der Waals surface area (Å²) in [6.07, 6.45) is 1.60. The fourth-order valence-corrected chi connectivity index (χ4v) is 1.47. The number of phenols is 1. The average molecular weight is 202 g/mol. The average Bonchev–Trinajstić information content (AvgIpc) is 2.20. The largest absolute Gasteiger partial charge is 0.508 e. The van der Waals surface area contributed by atoms with Gasteiger partial charge in [-0.2, -0.15) is 5.10 Å². The van der Waals surface area contributed by atoms with E-state index in [0.29, 0.717) is 5.56 Å². The SMILES string of the molecule is Cc1cn[nH]c(=O)c1-c1ccc(O)cc1. The van der Waals surface area contributed by atoms with Gasteiger partial charge in [-0.15, -0.1) is 0 Å². The zero-order valence-corrected chi connectivity index (χ0v) is 8.19. The summed E-state index contributed by atoms with van der Waals surface area (Å²) < 4.78 is 0. The van der Waals surface area contributed by atoms with Crippen molar-refractivity contribution in [1.82, 2.24) is 10.2 Å². The van der Waals surface area contributed by atoms with Crippen molar-refractivity contribution >= 4 is 0 Å². The topological polar surface area (TPSA) is 66.0 Å². The lowest BCUT2D eigenvalue weighted by atomic mass is 10.0. The number of nitrogens with one attached hydrogen (secondary N) is 1. The summed E-state index contributed by atoms with van der Waals surface area (Å²) in [6, 6.07) is 6.50. The molecule has 1 heterocycles. The zero-order chi connectivity index (χ0) is 10.8. The Morgan fingerprint density at radius 2 is 1.93 bits per heavy atom. The van der Waals surface area contributed by atoms with E-state index in [-0.39, 0.29) is 11.3 Å². The zero-order valence-electron chi connectivity index (χ0n) is 8.19. The Balaban J connectivity index is 2.64. The highest BCUT2D eigenvalue weighted by Crippen LogP contribution is 2.20. The highest BCUT2D eigenvalue weighted by Gasteiger charge is 2.06. The van der Waals surface area contributed by atoms with Crippen molar-refractivity contribution in [3.05, 3.63) is 46.4 Å². The molecule has 15 heavy (non-hydrogen) atoms. The van der Waals surface area contributed by atoms with Crippen LogP contribution in [0.25, 0.3) is 11.1 Å². The molecule has 0 aliphatic rings. The molecule has 76 valence electrons. The number of rotatable bonds is 1. The van der Waals surface area contributed by atoms with Gasteiger partial charge in [-0.1, -0.05) is 12.1 Å². The van der Waals surface area contributed by atoms with E-state index >= 15 is 0 Å². The molecule has 0 saturated heterocycles. The molecule has 0 spiro atoms. The molecule has 4 nitrogen and oxygen atoms in total. The van der Waals surface area contributed by atoms with Crippen LogP contribution in [-0.2, 0) is 0 Å². The highest BCUT2D eigenvalue weighted by molar-refractivity contribution is 5.65. The van der Waals surface area contributed by atoms with Gasteiger partial charge in [0, 0.05) is 0 Å². The number of aryl methyl sites for hydroxylation is 1. The van der Waals surface area contributed by atoms with E-state index in [1.807, 2.05) is 6.92 Å². The highest BCUT2D eigenvalue weighted by atomic mass is 16.3. The Hall–Kier alpha value is -2.10. The molecule has 0 aliphatic heterocycles. The predicted octanol–water partition coefficient (Wildman–Crippen LogP) is 1.45. The van der Waals surface area contributed by atoms with Gasteiger partial charge in [0.2, 0.25) is 0 Å². The predicted molar refractivity (Wildman–Crippen MR) is 56.7 cm³/mol. The summed E-state index contributed by atoms with van der Waals surface area (Å²) in [7, 11) is 0. The molecular weight excluding hydrogens is 192 g/mol. The molecule has 1 aromatic heterocycles. The monoisotopic (exact) mass is 202 g/mol. The first-order valence-corrected chi connectivity index (χ1v) is 4.52. The van der Waals surface area contributed by atoms with Crippen LogP contribution in [0, 0.1) is 6.92 Å². The van der Waals surface area contributed by atoms with Crippen LogP contribution in [0.4, 0.5) is 0 Å². The molecule has 0 radical (unpaired) electrons. The number of H-pyrrole nitrogens is 1. The van der Waals surface area contributed by atoms with E-state index in [1.54, 1.807) is 30.5 Å². The molecule has 4 heteroatoms. The molecule has 2 aromatic rings. The number of nitrogens with zero attached hydrogens (tertiary/aromatic N) is 1. The Labute approximate surface area is 86.2 Å². The third kappa shape index (κ3) is 1.74. The molecule has 2 rings (SSSR count). The van der Waals surface area contributed by atoms with Crippen LogP contribution in [0.2, 0.25) is 0 Å². The molecule has 0 amide bonds. The number of hydrogen-bond donors (Lipinski definition) is 2. The van der Waals surface area contributed by atoms with Crippen LogP contribution in [0.1, 0.15) is 5.56 Å². The van der Waals surface area contributed by atoms with Gasteiger partial charge in [0.1, 0.15) is 5.75 Å². The van der Waals surface area contributed by atoms with E-state index in [1.165, 1.54) is 0 Å². The minimum atomic E-state index is -0.222. The van der Waals surface area contributed by atoms with E-state index in [2.05, 4.69) is 10.2 Å². The van der Waals surface area contributed by atoms with E-state index < -0.39 is 0 Å². The van der Waals surface area contributed by atoms with Crippen molar-refractivity contribution in [3.63, 3.8) is 0 Å². The standard InChI is InChI=1S/C11H10N2O2/c1-7-6-12-13-11(15)10(7)8-2-4-9(14)5-3-8/h2-6,14H,1H3,(H,13,15). The fraction of sp³-hybridized carbons (Fsp3) is 0.0909. The van der Waals surface area contributed by atoms with Crippen molar-refractivity contribution < 1.29 is 5.11 Å². The van der Waals surface area contributed by atoms with E-state index in [4.69, 9.17) is 5.11 Å². The minimum absolute atomic E-state index is 0.182. The van der Waals surface area contributed by atoms with Crippen LogP contribution in [-0.4, -0.2) is 15.3 Å². The number of benzene rings is 1. The quantitative estimate of drug-likeness (QED) is 0.735. The van der Waals surface area contributed by atoms with E-state index in [0.717, 1.165) is 11.1 Å². The summed E-state index contributed by atoms with van der Waals surface area (Å²) in [4.78, 5) is 11.5. The number of hydrogen-bond acceptors (Lipinski definition) is 3. The molecule has 0 unspecified atom stereocenters. The number of phenolic OH excluding ortho intramolecular Hbond substituents is 1. The maximum Gasteiger partial charge on any atom is 0.272 e. The first-order valence-electron chi connectivity index (χ1n) is 4.52. The maximum absolute atomic E-state index is 11.5. The Bertz CT molecular complexity index is 529. The van der Waals surface area contributed by atoms with Crippen molar-refractivity contribution in [2.45, 2.75) is 6.92 Å². The summed E-state index contributed by atoms with van der Waals surface area (Å²) in [5.74, 6) is 0.182. The van der Waals surface area contributed by atoms with Gasteiger partial charge in [0.05, 0.1) is 11.8 Å². The fourth-order valence-electron chi connectivity index (χ4n) is 1.47. The summed E-state index contributed by atoms with van der Waals surface area (Å²) in [6.45, 7) is 1.82. The summed E-state index contributed by atoms with van der Waals surface area (Å²) >= 11 is 0. The Morgan fingerprint density at radius 3 is 2.53 bits per heavy atom. The van der Waals surface area contributed by atoms with Crippen LogP contribution >= 0.6 is 0 Å². The van der Waals surface area contributed by atoms with Crippen LogP contribution in [0.15, 0.2) is 35.3 Å². The Morgan fingerprint density at radius 1 is 1.27 bits per heavy atom. The first-order chi connectivity index (χ1) is 7.18. The molecule has 0 saturated carbocycles. The molecule has 0 atom stereocenters. The lowest BCUT2D eigenvalue weighted by Crippen LogP contribution is -2.11. The second-order valence-corrected chi connectivity index (χ2v) is 3.30. The Kier molecular flexibility index (Phi) is 2.25. The molecule has 0 aliphatic carbocycles. The van der Waals surface area contributed by atoms with Gasteiger partial charge < -0.3 is 5.11 Å². The molecule has 2 N–H and O–H groups in total. The second kappa shape index (κ2) is 3.57. The molecular formula is C11H10N2O2. The van der Waals surface area contributed by atoms with Gasteiger partial charge in [-0.05, 0) is 30.2 Å². The second-order valence-electron chi connectivity index (χ2n) is 3.30. The third-order valence-electron chi connectivity index (χ3n) is 2.20. The van der Waals surface area contributed by atoms with Crippen LogP contribution in [0.3, 0.4) is 0 Å². The maximum atomic E-state index is 11.5. The minimum Gasteiger partial charge on any atom is -0.508 e. The number of aromatic nitrogens is 2. The molecule has 1 aromatic carbocycles. The normalized spacial score (nSPS) is 10.2. The van der Waals surface area contributed by atoms with Crippen molar-refractivity contribution in [1.29, 1.82) is 0 Å². The molecule has 0 bridgehead atoms. The smallest absolute Gasteiger partial charge is 0.272 e. The number of aromatic amines is 1.